The number of nitrogens with zero attached hydrogens (tertiary/aromatic N) is 3. The molecule has 0 spiro atoms. The predicted octanol–water partition coefficient (Wildman–Crippen LogP) is 4.51. The molecule has 1 saturated heterocycles. The largest absolute Gasteiger partial charge is 0.328 e. The Morgan fingerprint density at radius 1 is 0.618 bits per heavy atom. The first-order valence-corrected chi connectivity index (χ1v) is 13.9. The van der Waals surface area contributed by atoms with Gasteiger partial charge in [0.05, 0.1) is 6.29 Å². The van der Waals surface area contributed by atoms with Gasteiger partial charge in [-0.15, -0.1) is 0 Å². The Labute approximate surface area is 204 Å². The lowest BCUT2D eigenvalue weighted by molar-refractivity contribution is 0.209. The Morgan fingerprint density at radius 2 is 1.00 bits per heavy atom. The molecule has 34 heavy (non-hydrogen) atoms. The first kappa shape index (κ1) is 24.8. The van der Waals surface area contributed by atoms with Crippen molar-refractivity contribution in [2.24, 2.45) is 0 Å². The van der Waals surface area contributed by atoms with Gasteiger partial charge in [-0.25, -0.2) is 0 Å². The van der Waals surface area contributed by atoms with Crippen molar-refractivity contribution < 1.29 is 9.09 Å². The average Bonchev–Trinajstić information content (AvgIpc) is 2.97. The van der Waals surface area contributed by atoms with Gasteiger partial charge in [0, 0.05) is 64.8 Å². The van der Waals surface area contributed by atoms with E-state index in [1.165, 1.54) is 11.1 Å². The minimum Gasteiger partial charge on any atom is -0.328 e. The number of hydrogen-bond acceptors (Lipinski definition) is 5. The maximum absolute atomic E-state index is 13.8. The molecule has 1 aliphatic heterocycles. The second-order valence-corrected chi connectivity index (χ2v) is 11.5. The van der Waals surface area contributed by atoms with Gasteiger partial charge >= 0.3 is 0 Å². The average molecular weight is 478 g/mol. The first-order chi connectivity index (χ1) is 16.6. The van der Waals surface area contributed by atoms with E-state index in [1.54, 1.807) is 7.11 Å². The number of benzene rings is 3. The molecule has 5 nitrogen and oxygen atoms in total. The molecule has 3 aromatic carbocycles. The van der Waals surface area contributed by atoms with Gasteiger partial charge in [0.2, 0.25) is 7.37 Å². The van der Waals surface area contributed by atoms with Crippen LogP contribution in [0.25, 0.3) is 0 Å². The summed E-state index contributed by atoms with van der Waals surface area (Å²) in [5, 5.41) is 0.791. The molecule has 0 amide bonds. The predicted molar refractivity (Wildman–Crippen MR) is 141 cm³/mol. The third-order valence-corrected chi connectivity index (χ3v) is 8.97. The van der Waals surface area contributed by atoms with Crippen LogP contribution in [0.5, 0.6) is 0 Å². The quantitative estimate of drug-likeness (QED) is 0.446. The monoisotopic (exact) mass is 477 g/mol. The second-order valence-electron chi connectivity index (χ2n) is 8.97. The molecule has 1 unspecified atom stereocenters. The van der Waals surface area contributed by atoms with Crippen LogP contribution >= 0.6 is 7.37 Å². The van der Waals surface area contributed by atoms with E-state index in [4.69, 9.17) is 4.52 Å². The van der Waals surface area contributed by atoms with Gasteiger partial charge in [-0.3, -0.25) is 19.3 Å². The lowest BCUT2D eigenvalue weighted by atomic mass is 10.2. The summed E-state index contributed by atoms with van der Waals surface area (Å²) in [6.07, 6.45) is 0.436. The Balaban J connectivity index is 1.50. The lowest BCUT2D eigenvalue weighted by Gasteiger charge is -2.29. The highest BCUT2D eigenvalue weighted by atomic mass is 31.2. The Kier molecular flexibility index (Phi) is 9.09. The molecule has 6 heteroatoms. The van der Waals surface area contributed by atoms with Crippen molar-refractivity contribution >= 4 is 12.7 Å². The molecule has 0 bridgehead atoms. The standard InChI is InChI=1S/C28H36N3O2P/c1-33-34(32,28-15-9-4-10-16-28)25-31-21-19-29(23-26-11-5-2-6-12-26)17-18-30(20-22-31)24-27-13-7-3-8-14-27/h2-16H,17-25H2,1H3. The highest BCUT2D eigenvalue weighted by Gasteiger charge is 2.28. The van der Waals surface area contributed by atoms with Gasteiger partial charge < -0.3 is 4.52 Å². The number of hydrogen-bond donors (Lipinski definition) is 0. The van der Waals surface area contributed by atoms with Crippen LogP contribution in [-0.2, 0) is 22.2 Å². The van der Waals surface area contributed by atoms with Crippen molar-refractivity contribution in [2.45, 2.75) is 13.1 Å². The maximum Gasteiger partial charge on any atom is 0.245 e. The van der Waals surface area contributed by atoms with E-state index in [9.17, 15) is 4.57 Å². The molecule has 1 atom stereocenters. The summed E-state index contributed by atoms with van der Waals surface area (Å²) in [5.41, 5.74) is 2.66. The minimum absolute atomic E-state index is 0.436. The maximum atomic E-state index is 13.8. The van der Waals surface area contributed by atoms with Gasteiger partial charge in [-0.1, -0.05) is 78.9 Å². The molecule has 1 heterocycles. The van der Waals surface area contributed by atoms with E-state index < -0.39 is 7.37 Å². The molecule has 0 radical (unpaired) electrons. The molecular formula is C28H36N3O2P. The molecular weight excluding hydrogens is 441 g/mol. The Bertz CT molecular complexity index is 980. The zero-order valence-corrected chi connectivity index (χ0v) is 21.0. The van der Waals surface area contributed by atoms with Crippen molar-refractivity contribution in [2.75, 3.05) is 52.7 Å². The van der Waals surface area contributed by atoms with Crippen LogP contribution in [0, 0.1) is 0 Å². The van der Waals surface area contributed by atoms with Crippen LogP contribution in [0.15, 0.2) is 91.0 Å². The summed E-state index contributed by atoms with van der Waals surface area (Å²) in [4.78, 5) is 7.37. The highest BCUT2D eigenvalue weighted by molar-refractivity contribution is 7.66. The minimum atomic E-state index is -2.95. The summed E-state index contributed by atoms with van der Waals surface area (Å²) in [6, 6.07) is 31.0. The third kappa shape index (κ3) is 7.11. The summed E-state index contributed by atoms with van der Waals surface area (Å²) >= 11 is 0. The summed E-state index contributed by atoms with van der Waals surface area (Å²) in [6.45, 7) is 7.48. The summed E-state index contributed by atoms with van der Waals surface area (Å²) in [7, 11) is -1.38. The van der Waals surface area contributed by atoms with Gasteiger partial charge in [0.1, 0.15) is 0 Å². The summed E-state index contributed by atoms with van der Waals surface area (Å²) < 4.78 is 19.5. The first-order valence-electron chi connectivity index (χ1n) is 12.1. The molecule has 180 valence electrons. The molecule has 0 aliphatic carbocycles. The zero-order chi connectivity index (χ0) is 23.6. The second kappa shape index (κ2) is 12.4. The number of rotatable bonds is 8. The lowest BCUT2D eigenvalue weighted by Crippen LogP contribution is -2.37. The van der Waals surface area contributed by atoms with Crippen LogP contribution in [0.1, 0.15) is 11.1 Å². The molecule has 1 fully saturated rings. The van der Waals surface area contributed by atoms with Crippen LogP contribution in [-0.4, -0.2) is 67.4 Å². The van der Waals surface area contributed by atoms with Crippen LogP contribution in [0.4, 0.5) is 0 Å². The summed E-state index contributed by atoms with van der Waals surface area (Å²) in [5.74, 6) is 0. The molecule has 0 N–H and O–H groups in total. The van der Waals surface area contributed by atoms with Crippen LogP contribution < -0.4 is 5.30 Å². The molecule has 4 rings (SSSR count). The van der Waals surface area contributed by atoms with Crippen LogP contribution in [0.3, 0.4) is 0 Å². The van der Waals surface area contributed by atoms with E-state index in [0.717, 1.165) is 57.7 Å². The van der Waals surface area contributed by atoms with E-state index in [1.807, 2.05) is 30.3 Å². The van der Waals surface area contributed by atoms with Crippen molar-refractivity contribution in [1.82, 2.24) is 14.7 Å². The molecule has 3 aromatic rings. The fraction of sp³-hybridized carbons (Fsp3) is 0.357. The van der Waals surface area contributed by atoms with Crippen molar-refractivity contribution in [3.8, 4) is 0 Å². The molecule has 0 saturated carbocycles. The fourth-order valence-corrected chi connectivity index (χ4v) is 6.41. The van der Waals surface area contributed by atoms with Crippen LogP contribution in [0.2, 0.25) is 0 Å². The van der Waals surface area contributed by atoms with E-state index in [2.05, 4.69) is 75.4 Å². The van der Waals surface area contributed by atoms with Crippen molar-refractivity contribution in [3.63, 3.8) is 0 Å². The normalized spacial score (nSPS) is 18.5. The van der Waals surface area contributed by atoms with Crippen molar-refractivity contribution in [1.29, 1.82) is 0 Å². The van der Waals surface area contributed by atoms with Crippen molar-refractivity contribution in [3.05, 3.63) is 102 Å². The fourth-order valence-electron chi connectivity index (χ4n) is 4.49. The van der Waals surface area contributed by atoms with Gasteiger partial charge in [-0.2, -0.15) is 0 Å². The van der Waals surface area contributed by atoms with Gasteiger partial charge in [0.15, 0.2) is 0 Å². The smallest absolute Gasteiger partial charge is 0.245 e. The van der Waals surface area contributed by atoms with E-state index in [0.29, 0.717) is 6.29 Å². The molecule has 1 aliphatic rings. The Hall–Kier alpha value is -2.27. The highest BCUT2D eigenvalue weighted by Crippen LogP contribution is 2.45. The topological polar surface area (TPSA) is 36.0 Å². The Morgan fingerprint density at radius 3 is 1.41 bits per heavy atom. The van der Waals surface area contributed by atoms with E-state index in [-0.39, 0.29) is 0 Å². The molecule has 0 aromatic heterocycles. The SMILES string of the molecule is COP(=O)(CN1CCN(Cc2ccccc2)CCN(Cc2ccccc2)CC1)c1ccccc1. The third-order valence-electron chi connectivity index (χ3n) is 6.53. The van der Waals surface area contributed by atoms with Gasteiger partial charge in [0.25, 0.3) is 0 Å². The van der Waals surface area contributed by atoms with Gasteiger partial charge in [-0.05, 0) is 23.3 Å². The zero-order valence-electron chi connectivity index (χ0n) is 20.1. The van der Waals surface area contributed by atoms with E-state index >= 15 is 0 Å².